The summed E-state index contributed by atoms with van der Waals surface area (Å²) in [6.45, 7) is 2.08. The van der Waals surface area contributed by atoms with Crippen LogP contribution >= 0.6 is 0 Å². The minimum atomic E-state index is -0.755. The van der Waals surface area contributed by atoms with Gasteiger partial charge in [0.2, 0.25) is 0 Å². The molecule has 0 aromatic rings. The van der Waals surface area contributed by atoms with Crippen molar-refractivity contribution in [2.45, 2.75) is 44.6 Å². The Hall–Kier alpha value is -1.65. The molecule has 0 bridgehead atoms. The van der Waals surface area contributed by atoms with Gasteiger partial charge in [-0.05, 0) is 44.0 Å². The Bertz CT molecular complexity index is 459. The van der Waals surface area contributed by atoms with Gasteiger partial charge >= 0.3 is 0 Å². The minimum Gasteiger partial charge on any atom is -0.297 e. The van der Waals surface area contributed by atoms with Crippen LogP contribution in [0.5, 0.6) is 0 Å². The molecule has 1 atom stereocenters. The van der Waals surface area contributed by atoms with Gasteiger partial charge in [0, 0.05) is 12.5 Å². The van der Waals surface area contributed by atoms with Gasteiger partial charge < -0.3 is 0 Å². The maximum absolute atomic E-state index is 14.1. The molecule has 0 saturated carbocycles. The minimum absolute atomic E-state index is 0.138. The van der Waals surface area contributed by atoms with Crippen LogP contribution in [0.25, 0.3) is 0 Å². The zero-order chi connectivity index (χ0) is 14.4. The Morgan fingerprint density at radius 2 is 1.85 bits per heavy atom. The molecular weight excluding hydrogens is 253 g/mol. The Morgan fingerprint density at radius 1 is 1.20 bits per heavy atom. The van der Waals surface area contributed by atoms with E-state index in [-0.39, 0.29) is 18.3 Å². The molecule has 0 N–H and O–H groups in total. The number of nitrogens with zero attached hydrogens (tertiary/aromatic N) is 3. The van der Waals surface area contributed by atoms with Crippen LogP contribution in [0.4, 0.5) is 4.39 Å². The standard InChI is InChI=1S/C16H20FN3/c17-16-10-15(20-7-3-1-2-4-8-20)6-5-14(16)9-13(11-18)12-19/h5,10,13,15H,1-4,6-9H2. The van der Waals surface area contributed by atoms with E-state index >= 15 is 0 Å². The predicted octanol–water partition coefficient (Wildman–Crippen LogP) is 3.47. The van der Waals surface area contributed by atoms with Crippen molar-refractivity contribution in [3.8, 4) is 12.1 Å². The Morgan fingerprint density at radius 3 is 2.40 bits per heavy atom. The Labute approximate surface area is 120 Å². The summed E-state index contributed by atoms with van der Waals surface area (Å²) < 4.78 is 14.1. The lowest BCUT2D eigenvalue weighted by Crippen LogP contribution is -2.35. The number of allylic oxidation sites excluding steroid dienone is 2. The Kier molecular flexibility index (Phi) is 5.32. The van der Waals surface area contributed by atoms with E-state index in [0.29, 0.717) is 5.57 Å². The highest BCUT2D eigenvalue weighted by Gasteiger charge is 2.23. The van der Waals surface area contributed by atoms with E-state index in [1.54, 1.807) is 6.08 Å². The zero-order valence-electron chi connectivity index (χ0n) is 11.7. The summed E-state index contributed by atoms with van der Waals surface area (Å²) in [5, 5.41) is 17.6. The fourth-order valence-electron chi connectivity index (χ4n) is 2.91. The lowest BCUT2D eigenvalue weighted by atomic mass is 9.93. The van der Waals surface area contributed by atoms with Gasteiger partial charge in [0.1, 0.15) is 11.7 Å². The van der Waals surface area contributed by atoms with Gasteiger partial charge in [0.05, 0.1) is 12.1 Å². The van der Waals surface area contributed by atoms with Crippen LogP contribution < -0.4 is 0 Å². The van der Waals surface area contributed by atoms with Crippen LogP contribution in [0.1, 0.15) is 38.5 Å². The fraction of sp³-hybridized carbons (Fsp3) is 0.625. The molecule has 4 heteroatoms. The first-order chi connectivity index (χ1) is 9.74. The number of likely N-dealkylation sites (tertiary alicyclic amines) is 1. The monoisotopic (exact) mass is 273 g/mol. The highest BCUT2D eigenvalue weighted by molar-refractivity contribution is 5.33. The van der Waals surface area contributed by atoms with E-state index < -0.39 is 5.92 Å². The van der Waals surface area contributed by atoms with E-state index in [9.17, 15) is 4.39 Å². The summed E-state index contributed by atoms with van der Waals surface area (Å²) >= 11 is 0. The van der Waals surface area contributed by atoms with Crippen LogP contribution in [-0.2, 0) is 0 Å². The Balaban J connectivity index is 1.98. The molecule has 1 unspecified atom stereocenters. The third kappa shape index (κ3) is 3.68. The first kappa shape index (κ1) is 14.8. The SMILES string of the molecule is N#CC(C#N)CC1=CCC(N2CCCCCC2)C=C1F. The van der Waals surface area contributed by atoms with E-state index in [1.807, 2.05) is 18.2 Å². The van der Waals surface area contributed by atoms with Crippen molar-refractivity contribution in [3.05, 3.63) is 23.6 Å². The third-order valence-electron chi connectivity index (χ3n) is 4.10. The number of halogens is 1. The summed E-state index contributed by atoms with van der Waals surface area (Å²) in [7, 11) is 0. The molecule has 1 fully saturated rings. The molecule has 0 aromatic carbocycles. The molecular formula is C16H20FN3. The van der Waals surface area contributed by atoms with Crippen LogP contribution in [0.15, 0.2) is 23.6 Å². The second-order valence-electron chi connectivity index (χ2n) is 5.51. The van der Waals surface area contributed by atoms with Gasteiger partial charge in [0.15, 0.2) is 0 Å². The quantitative estimate of drug-likeness (QED) is 0.791. The molecule has 2 rings (SSSR count). The smallest absolute Gasteiger partial charge is 0.137 e. The van der Waals surface area contributed by atoms with Crippen molar-refractivity contribution >= 4 is 0 Å². The number of rotatable bonds is 3. The van der Waals surface area contributed by atoms with Gasteiger partial charge in [-0.2, -0.15) is 10.5 Å². The van der Waals surface area contributed by atoms with Crippen molar-refractivity contribution in [2.24, 2.45) is 5.92 Å². The van der Waals surface area contributed by atoms with Gasteiger partial charge in [0.25, 0.3) is 0 Å². The molecule has 1 heterocycles. The zero-order valence-corrected chi connectivity index (χ0v) is 11.7. The molecule has 1 saturated heterocycles. The van der Waals surface area contributed by atoms with Crippen molar-refractivity contribution < 1.29 is 4.39 Å². The number of nitriles is 2. The van der Waals surface area contributed by atoms with E-state index in [2.05, 4.69) is 4.90 Å². The molecule has 0 radical (unpaired) electrons. The van der Waals surface area contributed by atoms with Gasteiger partial charge in [-0.25, -0.2) is 4.39 Å². The van der Waals surface area contributed by atoms with Crippen LogP contribution in [0, 0.1) is 28.6 Å². The van der Waals surface area contributed by atoms with Gasteiger partial charge in [-0.1, -0.05) is 18.9 Å². The summed E-state index contributed by atoms with van der Waals surface area (Å²) in [6.07, 6.45) is 9.43. The van der Waals surface area contributed by atoms with E-state index in [1.165, 1.54) is 25.7 Å². The van der Waals surface area contributed by atoms with Gasteiger partial charge in [-0.15, -0.1) is 0 Å². The van der Waals surface area contributed by atoms with Crippen LogP contribution in [0.2, 0.25) is 0 Å². The molecule has 3 nitrogen and oxygen atoms in total. The predicted molar refractivity (Wildman–Crippen MR) is 75.1 cm³/mol. The molecule has 20 heavy (non-hydrogen) atoms. The lowest BCUT2D eigenvalue weighted by molar-refractivity contribution is 0.234. The normalized spacial score (nSPS) is 24.3. The van der Waals surface area contributed by atoms with Gasteiger partial charge in [-0.3, -0.25) is 4.90 Å². The summed E-state index contributed by atoms with van der Waals surface area (Å²) in [4.78, 5) is 2.35. The topological polar surface area (TPSA) is 50.8 Å². The second kappa shape index (κ2) is 7.22. The summed E-state index contributed by atoms with van der Waals surface area (Å²) in [5.41, 5.74) is 0.518. The van der Waals surface area contributed by atoms with Crippen LogP contribution in [0.3, 0.4) is 0 Å². The first-order valence-corrected chi connectivity index (χ1v) is 7.34. The van der Waals surface area contributed by atoms with E-state index in [4.69, 9.17) is 10.5 Å². The van der Waals surface area contributed by atoms with Crippen LogP contribution in [-0.4, -0.2) is 24.0 Å². The number of hydrogen-bond donors (Lipinski definition) is 0. The fourth-order valence-corrected chi connectivity index (χ4v) is 2.91. The summed E-state index contributed by atoms with van der Waals surface area (Å²) in [5.74, 6) is -1.00. The molecule has 0 spiro atoms. The second-order valence-corrected chi connectivity index (χ2v) is 5.51. The molecule has 0 amide bonds. The largest absolute Gasteiger partial charge is 0.297 e. The van der Waals surface area contributed by atoms with E-state index in [0.717, 1.165) is 19.5 Å². The maximum atomic E-state index is 14.1. The maximum Gasteiger partial charge on any atom is 0.137 e. The van der Waals surface area contributed by atoms with Crippen molar-refractivity contribution in [3.63, 3.8) is 0 Å². The summed E-state index contributed by atoms with van der Waals surface area (Å²) in [6, 6.07) is 3.93. The average molecular weight is 273 g/mol. The number of hydrogen-bond acceptors (Lipinski definition) is 3. The van der Waals surface area contributed by atoms with Crippen molar-refractivity contribution in [1.29, 1.82) is 10.5 Å². The molecule has 0 aromatic heterocycles. The molecule has 1 aliphatic heterocycles. The first-order valence-electron chi connectivity index (χ1n) is 7.34. The van der Waals surface area contributed by atoms with Crippen molar-refractivity contribution in [1.82, 2.24) is 4.90 Å². The molecule has 2 aliphatic rings. The lowest BCUT2D eigenvalue weighted by Gasteiger charge is -2.30. The third-order valence-corrected chi connectivity index (χ3v) is 4.10. The molecule has 106 valence electrons. The highest BCUT2D eigenvalue weighted by Crippen LogP contribution is 2.28. The van der Waals surface area contributed by atoms with Crippen molar-refractivity contribution in [2.75, 3.05) is 13.1 Å². The molecule has 1 aliphatic carbocycles. The average Bonchev–Trinajstić information content (AvgIpc) is 2.75. The highest BCUT2D eigenvalue weighted by atomic mass is 19.1.